The third-order valence-electron chi connectivity index (χ3n) is 0.904. The van der Waals surface area contributed by atoms with Crippen molar-refractivity contribution >= 4 is 27.2 Å². The second-order valence-corrected chi connectivity index (χ2v) is 15.7. The van der Waals surface area contributed by atoms with Gasteiger partial charge in [-0.1, -0.05) is 6.07 Å². The SMILES string of the molecule is Fc1cccc(F)c1F.[Br][Zn][Br]. The minimum absolute atomic E-state index is 0.250. The summed E-state index contributed by atoms with van der Waals surface area (Å²) in [5.41, 5.74) is 0. The van der Waals surface area contributed by atoms with E-state index in [1.54, 1.807) is 0 Å². The molecule has 12 heavy (non-hydrogen) atoms. The van der Waals surface area contributed by atoms with Crippen LogP contribution in [-0.2, 0) is 13.2 Å². The molecule has 0 heterocycles. The van der Waals surface area contributed by atoms with E-state index in [0.29, 0.717) is 0 Å². The average Bonchev–Trinajstić information content (AvgIpc) is 2.02. The Balaban J connectivity index is 0.000000354. The summed E-state index contributed by atoms with van der Waals surface area (Å²) >= 11 is 6.25. The fraction of sp³-hybridized carbons (Fsp3) is 0. The first kappa shape index (κ1) is 12.6. The molecule has 0 radical (unpaired) electrons. The number of benzene rings is 1. The van der Waals surface area contributed by atoms with Gasteiger partial charge in [0.15, 0.2) is 17.5 Å². The van der Waals surface area contributed by atoms with Crippen molar-refractivity contribution in [3.63, 3.8) is 0 Å². The second-order valence-electron chi connectivity index (χ2n) is 1.64. The van der Waals surface area contributed by atoms with Gasteiger partial charge in [0, 0.05) is 0 Å². The molecule has 0 nitrogen and oxygen atoms in total. The van der Waals surface area contributed by atoms with Crippen LogP contribution in [0.15, 0.2) is 18.2 Å². The molecule has 0 saturated carbocycles. The molecule has 0 aliphatic carbocycles. The van der Waals surface area contributed by atoms with E-state index >= 15 is 0 Å². The molecular formula is C6H3Br2F3Zn. The van der Waals surface area contributed by atoms with Crippen LogP contribution in [0.2, 0.25) is 0 Å². The van der Waals surface area contributed by atoms with Crippen molar-refractivity contribution in [1.29, 1.82) is 0 Å². The third kappa shape index (κ3) is 4.58. The van der Waals surface area contributed by atoms with Gasteiger partial charge >= 0.3 is 40.5 Å². The average molecular weight is 357 g/mol. The van der Waals surface area contributed by atoms with Gasteiger partial charge in [-0.15, -0.1) is 0 Å². The van der Waals surface area contributed by atoms with E-state index in [2.05, 4.69) is 27.2 Å². The van der Waals surface area contributed by atoms with E-state index in [1.807, 2.05) is 0 Å². The van der Waals surface area contributed by atoms with Gasteiger partial charge in [-0.05, 0) is 12.1 Å². The van der Waals surface area contributed by atoms with Gasteiger partial charge in [0.1, 0.15) is 0 Å². The quantitative estimate of drug-likeness (QED) is 0.490. The topological polar surface area (TPSA) is 0 Å². The van der Waals surface area contributed by atoms with Crippen LogP contribution in [0.4, 0.5) is 13.2 Å². The molecule has 0 spiro atoms. The summed E-state index contributed by atoms with van der Waals surface area (Å²) in [7, 11) is 0. The van der Waals surface area contributed by atoms with E-state index in [9.17, 15) is 13.2 Å². The van der Waals surface area contributed by atoms with Crippen molar-refractivity contribution < 1.29 is 26.4 Å². The summed E-state index contributed by atoms with van der Waals surface area (Å²) in [6.07, 6.45) is 0. The third-order valence-corrected chi connectivity index (χ3v) is 0.904. The Hall–Kier alpha value is 0.593. The fourth-order valence-electron chi connectivity index (χ4n) is 0.477. The van der Waals surface area contributed by atoms with Gasteiger partial charge in [0.05, 0.1) is 0 Å². The van der Waals surface area contributed by atoms with Crippen LogP contribution in [0, 0.1) is 17.5 Å². The Labute approximate surface area is 88.8 Å². The van der Waals surface area contributed by atoms with Crippen LogP contribution in [0.5, 0.6) is 0 Å². The first-order chi connectivity index (χ1) is 5.63. The second kappa shape index (κ2) is 7.04. The Kier molecular flexibility index (Phi) is 7.39. The van der Waals surface area contributed by atoms with E-state index < -0.39 is 17.5 Å². The zero-order valence-corrected chi connectivity index (χ0v) is 12.0. The molecule has 0 amide bonds. The van der Waals surface area contributed by atoms with Crippen molar-refractivity contribution in [2.45, 2.75) is 0 Å². The summed E-state index contributed by atoms with van der Waals surface area (Å²) < 4.78 is 35.9. The molecule has 0 aliphatic rings. The zero-order valence-electron chi connectivity index (χ0n) is 5.83. The molecule has 0 atom stereocenters. The molecule has 0 bridgehead atoms. The van der Waals surface area contributed by atoms with Crippen LogP contribution >= 0.6 is 27.2 Å². The number of halogens is 5. The number of hydrogen-bond donors (Lipinski definition) is 0. The predicted octanol–water partition coefficient (Wildman–Crippen LogP) is 3.79. The summed E-state index contributed by atoms with van der Waals surface area (Å²) in [6.45, 7) is 0. The van der Waals surface area contributed by atoms with Crippen LogP contribution in [-0.4, -0.2) is 0 Å². The number of hydrogen-bond acceptors (Lipinski definition) is 0. The van der Waals surface area contributed by atoms with Crippen molar-refractivity contribution in [2.24, 2.45) is 0 Å². The molecule has 0 saturated heterocycles. The van der Waals surface area contributed by atoms with Crippen molar-refractivity contribution in [3.8, 4) is 0 Å². The maximum atomic E-state index is 12.0. The normalized spacial score (nSPS) is 8.08. The molecule has 0 aliphatic heterocycles. The Morgan fingerprint density at radius 2 is 1.33 bits per heavy atom. The van der Waals surface area contributed by atoms with E-state index in [0.717, 1.165) is 18.2 Å². The zero-order chi connectivity index (χ0) is 9.56. The van der Waals surface area contributed by atoms with Crippen LogP contribution in [0.1, 0.15) is 0 Å². The van der Waals surface area contributed by atoms with Crippen molar-refractivity contribution in [3.05, 3.63) is 35.7 Å². The first-order valence-electron chi connectivity index (χ1n) is 2.85. The van der Waals surface area contributed by atoms with Crippen molar-refractivity contribution in [1.82, 2.24) is 0 Å². The maximum absolute atomic E-state index is 12.0. The first-order valence-corrected chi connectivity index (χ1v) is 16.7. The summed E-state index contributed by atoms with van der Waals surface area (Å²) in [6, 6.07) is 2.82. The molecule has 64 valence electrons. The molecule has 1 aromatic carbocycles. The summed E-state index contributed by atoms with van der Waals surface area (Å²) in [5, 5.41) is 0. The van der Waals surface area contributed by atoms with Gasteiger partial charge in [-0.25, -0.2) is 13.2 Å². The van der Waals surface area contributed by atoms with Gasteiger partial charge in [0.25, 0.3) is 0 Å². The molecule has 0 N–H and O–H groups in total. The molecule has 1 aromatic rings. The van der Waals surface area contributed by atoms with Crippen LogP contribution in [0.3, 0.4) is 0 Å². The van der Waals surface area contributed by atoms with Gasteiger partial charge in [0.2, 0.25) is 0 Å². The molecule has 6 heteroatoms. The van der Waals surface area contributed by atoms with Crippen LogP contribution in [0.25, 0.3) is 0 Å². The summed E-state index contributed by atoms with van der Waals surface area (Å²) in [5.74, 6) is -3.73. The Bertz CT molecular complexity index is 224. The molecule has 1 rings (SSSR count). The summed E-state index contributed by atoms with van der Waals surface area (Å²) in [4.78, 5) is 0. The van der Waals surface area contributed by atoms with Gasteiger partial charge in [-0.3, -0.25) is 0 Å². The number of rotatable bonds is 0. The van der Waals surface area contributed by atoms with Gasteiger partial charge < -0.3 is 0 Å². The fourth-order valence-corrected chi connectivity index (χ4v) is 0.477. The monoisotopic (exact) mass is 354 g/mol. The molecule has 0 unspecified atom stereocenters. The van der Waals surface area contributed by atoms with E-state index in [1.165, 1.54) is 0 Å². The van der Waals surface area contributed by atoms with E-state index in [4.69, 9.17) is 0 Å². The molecule has 0 fully saturated rings. The van der Waals surface area contributed by atoms with E-state index in [-0.39, 0.29) is 13.2 Å². The molecule has 0 aromatic heterocycles. The van der Waals surface area contributed by atoms with Crippen molar-refractivity contribution in [2.75, 3.05) is 0 Å². The minimum atomic E-state index is -1.42. The Morgan fingerprint density at radius 1 is 1.00 bits per heavy atom. The van der Waals surface area contributed by atoms with Crippen LogP contribution < -0.4 is 0 Å². The standard InChI is InChI=1S/C6H3F3.2BrH.Zn/c7-4-2-1-3-5(8)6(4)9;;;/h1-3H;2*1H;/q;;;+2/p-2. The Morgan fingerprint density at radius 3 is 1.58 bits per heavy atom. The molecular weight excluding hydrogens is 354 g/mol. The van der Waals surface area contributed by atoms with Gasteiger partial charge in [-0.2, -0.15) is 0 Å². The predicted molar refractivity (Wildman–Crippen MR) is 44.2 cm³/mol.